The number of hydrogen-bond donors (Lipinski definition) is 2. The van der Waals surface area contributed by atoms with Gasteiger partial charge in [0.05, 0.1) is 0 Å². The van der Waals surface area contributed by atoms with E-state index in [9.17, 15) is 0 Å². The van der Waals surface area contributed by atoms with Gasteiger partial charge in [-0.25, -0.2) is 5.01 Å². The summed E-state index contributed by atoms with van der Waals surface area (Å²) in [6.45, 7) is 7.79. The molecule has 64 valence electrons. The summed E-state index contributed by atoms with van der Waals surface area (Å²) in [6, 6.07) is 0.590. The molecule has 0 aliphatic carbocycles. The summed E-state index contributed by atoms with van der Waals surface area (Å²) >= 11 is 0. The van der Waals surface area contributed by atoms with Crippen LogP contribution in [-0.4, -0.2) is 24.1 Å². The molecule has 1 heterocycles. The van der Waals surface area contributed by atoms with Gasteiger partial charge in [-0.05, 0) is 19.8 Å². The Balaban J connectivity index is 2.22. The number of hydrogen-bond acceptors (Lipinski definition) is 3. The SMILES string of the molecule is C=C(C)NC1CCN(N)CC1. The van der Waals surface area contributed by atoms with Crippen molar-refractivity contribution in [3.8, 4) is 0 Å². The van der Waals surface area contributed by atoms with Gasteiger partial charge >= 0.3 is 0 Å². The number of nitrogens with zero attached hydrogens (tertiary/aromatic N) is 1. The van der Waals surface area contributed by atoms with Gasteiger partial charge in [0.15, 0.2) is 0 Å². The number of rotatable bonds is 2. The van der Waals surface area contributed by atoms with Crippen LogP contribution in [0.5, 0.6) is 0 Å². The molecule has 1 aliphatic rings. The van der Waals surface area contributed by atoms with Gasteiger partial charge in [-0.3, -0.25) is 5.84 Å². The number of allylic oxidation sites excluding steroid dienone is 1. The highest BCUT2D eigenvalue weighted by atomic mass is 15.4. The predicted octanol–water partition coefficient (Wildman–Crippen LogP) is 0.448. The first-order valence-electron chi connectivity index (χ1n) is 4.10. The molecule has 0 radical (unpaired) electrons. The zero-order valence-corrected chi connectivity index (χ0v) is 7.14. The second-order valence-corrected chi connectivity index (χ2v) is 3.23. The molecule has 1 rings (SSSR count). The minimum atomic E-state index is 0.590. The van der Waals surface area contributed by atoms with E-state index in [1.807, 2.05) is 11.9 Å². The maximum absolute atomic E-state index is 5.61. The van der Waals surface area contributed by atoms with Crippen molar-refractivity contribution >= 4 is 0 Å². The van der Waals surface area contributed by atoms with Crippen LogP contribution in [0, 0.1) is 0 Å². The Bertz CT molecular complexity index is 136. The number of piperidine rings is 1. The third-order valence-corrected chi connectivity index (χ3v) is 1.98. The zero-order valence-electron chi connectivity index (χ0n) is 7.14. The molecule has 0 aromatic heterocycles. The molecular formula is C8H17N3. The third-order valence-electron chi connectivity index (χ3n) is 1.98. The topological polar surface area (TPSA) is 41.3 Å². The molecule has 3 heteroatoms. The Hall–Kier alpha value is -0.540. The third kappa shape index (κ3) is 2.91. The summed E-state index contributed by atoms with van der Waals surface area (Å²) in [5.74, 6) is 5.61. The maximum Gasteiger partial charge on any atom is 0.0283 e. The minimum Gasteiger partial charge on any atom is -0.386 e. The summed E-state index contributed by atoms with van der Waals surface area (Å²) in [6.07, 6.45) is 2.26. The van der Waals surface area contributed by atoms with Crippen LogP contribution < -0.4 is 11.2 Å². The zero-order chi connectivity index (χ0) is 8.27. The van der Waals surface area contributed by atoms with Crippen molar-refractivity contribution in [3.63, 3.8) is 0 Å². The summed E-state index contributed by atoms with van der Waals surface area (Å²) in [7, 11) is 0. The Labute approximate surface area is 68.2 Å². The van der Waals surface area contributed by atoms with Gasteiger partial charge in [-0.2, -0.15) is 0 Å². The molecule has 1 aliphatic heterocycles. The van der Waals surface area contributed by atoms with Crippen molar-refractivity contribution in [3.05, 3.63) is 12.3 Å². The molecule has 1 saturated heterocycles. The number of nitrogens with two attached hydrogens (primary N) is 1. The molecule has 0 atom stereocenters. The number of hydrazine groups is 1. The molecule has 0 aromatic carbocycles. The van der Waals surface area contributed by atoms with Crippen molar-refractivity contribution in [2.45, 2.75) is 25.8 Å². The molecule has 1 fully saturated rings. The molecule has 0 bridgehead atoms. The van der Waals surface area contributed by atoms with Crippen molar-refractivity contribution in [2.75, 3.05) is 13.1 Å². The Morgan fingerprint density at radius 2 is 2.09 bits per heavy atom. The fourth-order valence-corrected chi connectivity index (χ4v) is 1.39. The van der Waals surface area contributed by atoms with E-state index in [2.05, 4.69) is 11.9 Å². The standard InChI is InChI=1S/C8H17N3/c1-7(2)10-8-3-5-11(9)6-4-8/h8,10H,1,3-6,9H2,2H3. The van der Waals surface area contributed by atoms with Crippen LogP contribution >= 0.6 is 0 Å². The van der Waals surface area contributed by atoms with Crippen molar-refractivity contribution in [1.82, 2.24) is 10.3 Å². The van der Waals surface area contributed by atoms with Crippen molar-refractivity contribution in [2.24, 2.45) is 5.84 Å². The van der Waals surface area contributed by atoms with Crippen LogP contribution in [0.3, 0.4) is 0 Å². The maximum atomic E-state index is 5.61. The molecule has 0 aromatic rings. The highest BCUT2D eigenvalue weighted by molar-refractivity contribution is 4.90. The lowest BCUT2D eigenvalue weighted by Gasteiger charge is -2.29. The average Bonchev–Trinajstić information content (AvgIpc) is 1.93. The van der Waals surface area contributed by atoms with Crippen LogP contribution in [0.25, 0.3) is 0 Å². The first-order chi connectivity index (χ1) is 5.18. The highest BCUT2D eigenvalue weighted by Crippen LogP contribution is 2.07. The van der Waals surface area contributed by atoms with E-state index < -0.39 is 0 Å². The summed E-state index contributed by atoms with van der Waals surface area (Å²) < 4.78 is 0. The summed E-state index contributed by atoms with van der Waals surface area (Å²) in [5, 5.41) is 5.20. The van der Waals surface area contributed by atoms with Crippen molar-refractivity contribution < 1.29 is 0 Å². The first kappa shape index (κ1) is 8.56. The largest absolute Gasteiger partial charge is 0.386 e. The first-order valence-corrected chi connectivity index (χ1v) is 4.10. The summed E-state index contributed by atoms with van der Waals surface area (Å²) in [4.78, 5) is 0. The van der Waals surface area contributed by atoms with Crippen LogP contribution in [0.1, 0.15) is 19.8 Å². The Morgan fingerprint density at radius 3 is 2.55 bits per heavy atom. The minimum absolute atomic E-state index is 0.590. The molecule has 3 N–H and O–H groups in total. The van der Waals surface area contributed by atoms with Gasteiger partial charge in [0.2, 0.25) is 0 Å². The second-order valence-electron chi connectivity index (χ2n) is 3.23. The molecule has 0 amide bonds. The van der Waals surface area contributed by atoms with Crippen LogP contribution in [-0.2, 0) is 0 Å². The lowest BCUT2D eigenvalue weighted by atomic mass is 10.1. The van der Waals surface area contributed by atoms with Crippen LogP contribution in [0.2, 0.25) is 0 Å². The quantitative estimate of drug-likeness (QED) is 0.569. The monoisotopic (exact) mass is 155 g/mol. The lowest BCUT2D eigenvalue weighted by Crippen LogP contribution is -2.44. The van der Waals surface area contributed by atoms with E-state index in [1.165, 1.54) is 0 Å². The predicted molar refractivity (Wildman–Crippen MR) is 46.7 cm³/mol. The van der Waals surface area contributed by atoms with E-state index in [1.54, 1.807) is 0 Å². The van der Waals surface area contributed by atoms with Gasteiger partial charge in [-0.1, -0.05) is 6.58 Å². The molecule has 0 saturated carbocycles. The molecular weight excluding hydrogens is 138 g/mol. The molecule has 11 heavy (non-hydrogen) atoms. The van der Waals surface area contributed by atoms with E-state index in [-0.39, 0.29) is 0 Å². The number of nitrogens with one attached hydrogen (secondary N) is 1. The van der Waals surface area contributed by atoms with Crippen LogP contribution in [0.4, 0.5) is 0 Å². The van der Waals surface area contributed by atoms with Gasteiger partial charge in [-0.15, -0.1) is 0 Å². The molecule has 3 nitrogen and oxygen atoms in total. The fourth-order valence-electron chi connectivity index (χ4n) is 1.39. The van der Waals surface area contributed by atoms with Gasteiger partial charge in [0.1, 0.15) is 0 Å². The van der Waals surface area contributed by atoms with Gasteiger partial charge < -0.3 is 5.32 Å². The van der Waals surface area contributed by atoms with E-state index in [0.717, 1.165) is 31.6 Å². The molecule has 0 spiro atoms. The highest BCUT2D eigenvalue weighted by Gasteiger charge is 2.15. The Morgan fingerprint density at radius 1 is 1.55 bits per heavy atom. The van der Waals surface area contributed by atoms with E-state index in [0.29, 0.717) is 6.04 Å². The van der Waals surface area contributed by atoms with Crippen LogP contribution in [0.15, 0.2) is 12.3 Å². The smallest absolute Gasteiger partial charge is 0.0283 e. The van der Waals surface area contributed by atoms with E-state index in [4.69, 9.17) is 5.84 Å². The second kappa shape index (κ2) is 3.74. The summed E-state index contributed by atoms with van der Waals surface area (Å²) in [5.41, 5.74) is 1.06. The normalized spacial score (nSPS) is 21.6. The van der Waals surface area contributed by atoms with Crippen molar-refractivity contribution in [1.29, 1.82) is 0 Å². The average molecular weight is 155 g/mol. The van der Waals surface area contributed by atoms with E-state index >= 15 is 0 Å². The van der Waals surface area contributed by atoms with Gasteiger partial charge in [0, 0.05) is 24.8 Å². The lowest BCUT2D eigenvalue weighted by molar-refractivity contribution is 0.207. The Kier molecular flexibility index (Phi) is 2.91. The van der Waals surface area contributed by atoms with Gasteiger partial charge in [0.25, 0.3) is 0 Å². The fraction of sp³-hybridized carbons (Fsp3) is 0.750. The molecule has 0 unspecified atom stereocenters.